The summed E-state index contributed by atoms with van der Waals surface area (Å²) in [5.41, 5.74) is -0.0812. The molecule has 0 bridgehead atoms. The third-order valence-corrected chi connectivity index (χ3v) is 8.78. The Balaban J connectivity index is 2.09. The van der Waals surface area contributed by atoms with Crippen LogP contribution in [0.4, 0.5) is 18.9 Å². The lowest BCUT2D eigenvalue weighted by Crippen LogP contribution is -2.52. The highest BCUT2D eigenvalue weighted by Gasteiger charge is 2.35. The first kappa shape index (κ1) is 32.9. The van der Waals surface area contributed by atoms with Crippen LogP contribution < -0.4 is 9.62 Å². The summed E-state index contributed by atoms with van der Waals surface area (Å²) in [5.74, 6) is -1.26. The number of alkyl halides is 3. The van der Waals surface area contributed by atoms with E-state index < -0.39 is 46.2 Å². The highest BCUT2D eigenvalue weighted by atomic mass is 35.5. The van der Waals surface area contributed by atoms with Gasteiger partial charge in [0.05, 0.1) is 16.1 Å². The number of hydrogen-bond donors (Lipinski definition) is 1. The predicted octanol–water partition coefficient (Wildman–Crippen LogP) is 6.19. The predicted molar refractivity (Wildman–Crippen MR) is 157 cm³/mol. The maximum absolute atomic E-state index is 13.9. The molecule has 0 aliphatic heterocycles. The van der Waals surface area contributed by atoms with E-state index in [9.17, 15) is 31.2 Å². The minimum Gasteiger partial charge on any atom is -0.352 e. The number of aryl methyl sites for hydroxylation is 1. The third-order valence-electron chi connectivity index (χ3n) is 6.76. The van der Waals surface area contributed by atoms with Crippen molar-refractivity contribution in [2.75, 3.05) is 10.8 Å². The van der Waals surface area contributed by atoms with Crippen LogP contribution in [-0.4, -0.2) is 43.8 Å². The molecule has 42 heavy (non-hydrogen) atoms. The van der Waals surface area contributed by atoms with Crippen molar-refractivity contribution in [3.8, 4) is 0 Å². The van der Waals surface area contributed by atoms with Crippen molar-refractivity contribution in [2.45, 2.75) is 63.8 Å². The average molecular weight is 624 g/mol. The molecule has 3 rings (SSSR count). The molecule has 12 heteroatoms. The molecule has 0 aliphatic rings. The van der Waals surface area contributed by atoms with Crippen LogP contribution in [0.15, 0.2) is 77.7 Å². The molecular weight excluding hydrogens is 591 g/mol. The molecule has 0 aliphatic carbocycles. The van der Waals surface area contributed by atoms with Crippen molar-refractivity contribution in [1.29, 1.82) is 0 Å². The highest BCUT2D eigenvalue weighted by Crippen LogP contribution is 2.33. The van der Waals surface area contributed by atoms with Crippen LogP contribution >= 0.6 is 11.6 Å². The second kappa shape index (κ2) is 13.6. The Labute approximate surface area is 249 Å². The number of nitrogens with zero attached hydrogens (tertiary/aromatic N) is 2. The van der Waals surface area contributed by atoms with Gasteiger partial charge in [0.15, 0.2) is 0 Å². The van der Waals surface area contributed by atoms with Gasteiger partial charge >= 0.3 is 6.18 Å². The Morgan fingerprint density at radius 2 is 1.62 bits per heavy atom. The van der Waals surface area contributed by atoms with Gasteiger partial charge < -0.3 is 10.2 Å². The Morgan fingerprint density at radius 1 is 0.976 bits per heavy atom. The summed E-state index contributed by atoms with van der Waals surface area (Å²) in [7, 11) is -4.51. The largest absolute Gasteiger partial charge is 0.416 e. The molecule has 0 heterocycles. The molecule has 2 atom stereocenters. The molecule has 0 saturated carbocycles. The van der Waals surface area contributed by atoms with Gasteiger partial charge in [-0.3, -0.25) is 13.9 Å². The van der Waals surface area contributed by atoms with Crippen LogP contribution in [0, 0.1) is 6.92 Å². The van der Waals surface area contributed by atoms with E-state index >= 15 is 0 Å². The van der Waals surface area contributed by atoms with E-state index in [1.54, 1.807) is 50.2 Å². The van der Waals surface area contributed by atoms with Crippen molar-refractivity contribution in [2.24, 2.45) is 0 Å². The average Bonchev–Trinajstić information content (AvgIpc) is 2.93. The normalized spacial score (nSPS) is 13.2. The van der Waals surface area contributed by atoms with E-state index in [1.165, 1.54) is 30.0 Å². The number of benzene rings is 3. The lowest BCUT2D eigenvalue weighted by atomic mass is 10.1. The maximum Gasteiger partial charge on any atom is 0.416 e. The Morgan fingerprint density at radius 3 is 2.21 bits per heavy atom. The SMILES string of the molecule is CC[C@@H](C)NC(=O)[C@@H](C)N(Cc1cccc(Cl)c1)C(=O)CN(c1cccc(C(F)(F)F)c1)S(=O)(=O)c1ccc(C)cc1. The molecule has 1 N–H and O–H groups in total. The summed E-state index contributed by atoms with van der Waals surface area (Å²) in [6.45, 7) is 5.98. The van der Waals surface area contributed by atoms with Crippen molar-refractivity contribution in [1.82, 2.24) is 10.2 Å². The fraction of sp³-hybridized carbons (Fsp3) is 0.333. The van der Waals surface area contributed by atoms with Crippen molar-refractivity contribution < 1.29 is 31.2 Å². The van der Waals surface area contributed by atoms with Gasteiger partial charge in [-0.25, -0.2) is 8.42 Å². The summed E-state index contributed by atoms with van der Waals surface area (Å²) < 4.78 is 69.1. The molecule has 0 spiro atoms. The molecule has 3 aromatic rings. The summed E-state index contributed by atoms with van der Waals surface area (Å²) >= 11 is 6.13. The van der Waals surface area contributed by atoms with Crippen LogP contribution in [0.3, 0.4) is 0 Å². The molecule has 3 aromatic carbocycles. The zero-order valence-electron chi connectivity index (χ0n) is 23.7. The molecule has 7 nitrogen and oxygen atoms in total. The van der Waals surface area contributed by atoms with E-state index in [4.69, 9.17) is 11.6 Å². The number of rotatable bonds is 11. The van der Waals surface area contributed by atoms with Gasteiger partial charge in [-0.15, -0.1) is 0 Å². The first-order chi connectivity index (χ1) is 19.6. The number of carbonyl (C=O) groups is 2. The molecule has 0 unspecified atom stereocenters. The molecule has 0 radical (unpaired) electrons. The van der Waals surface area contributed by atoms with Crippen molar-refractivity contribution in [3.63, 3.8) is 0 Å². The monoisotopic (exact) mass is 623 g/mol. The van der Waals surface area contributed by atoms with Gasteiger partial charge in [0.25, 0.3) is 10.0 Å². The summed E-state index contributed by atoms with van der Waals surface area (Å²) in [6, 6.07) is 14.9. The second-order valence-electron chi connectivity index (χ2n) is 10.0. The van der Waals surface area contributed by atoms with Gasteiger partial charge in [-0.1, -0.05) is 54.4 Å². The number of nitrogens with one attached hydrogen (secondary N) is 1. The molecule has 2 amide bonds. The Bertz CT molecular complexity index is 1510. The quantitative estimate of drug-likeness (QED) is 0.276. The first-order valence-electron chi connectivity index (χ1n) is 13.2. The molecule has 0 saturated heterocycles. The van der Waals surface area contributed by atoms with Gasteiger partial charge in [0.1, 0.15) is 12.6 Å². The van der Waals surface area contributed by atoms with Crippen LogP contribution in [0.5, 0.6) is 0 Å². The number of sulfonamides is 1. The smallest absolute Gasteiger partial charge is 0.352 e. The first-order valence-corrected chi connectivity index (χ1v) is 15.1. The van der Waals surface area contributed by atoms with Crippen molar-refractivity contribution in [3.05, 3.63) is 94.5 Å². The molecule has 0 aromatic heterocycles. The fourth-order valence-corrected chi connectivity index (χ4v) is 5.70. The lowest BCUT2D eigenvalue weighted by Gasteiger charge is -2.32. The second-order valence-corrected chi connectivity index (χ2v) is 12.3. The lowest BCUT2D eigenvalue weighted by molar-refractivity contribution is -0.139. The highest BCUT2D eigenvalue weighted by molar-refractivity contribution is 7.92. The fourth-order valence-electron chi connectivity index (χ4n) is 4.08. The number of hydrogen-bond acceptors (Lipinski definition) is 4. The molecule has 0 fully saturated rings. The number of carbonyl (C=O) groups excluding carboxylic acids is 2. The Kier molecular flexibility index (Phi) is 10.7. The van der Waals surface area contributed by atoms with E-state index in [0.717, 1.165) is 17.7 Å². The topological polar surface area (TPSA) is 86.8 Å². The maximum atomic E-state index is 13.9. The van der Waals surface area contributed by atoms with E-state index in [2.05, 4.69) is 5.32 Å². The van der Waals surface area contributed by atoms with E-state index in [1.807, 2.05) is 6.92 Å². The Hall–Kier alpha value is -3.57. The number of anilines is 1. The zero-order valence-corrected chi connectivity index (χ0v) is 25.2. The van der Waals surface area contributed by atoms with Crippen molar-refractivity contribution >= 4 is 39.1 Å². The molecule has 226 valence electrons. The van der Waals surface area contributed by atoms with Gasteiger partial charge in [0, 0.05) is 17.6 Å². The summed E-state index contributed by atoms with van der Waals surface area (Å²) in [4.78, 5) is 28.0. The minimum atomic E-state index is -4.75. The van der Waals surface area contributed by atoms with Crippen LogP contribution in [0.2, 0.25) is 5.02 Å². The number of halogens is 4. The minimum absolute atomic E-state index is 0.102. The van der Waals surface area contributed by atoms with Crippen LogP contribution in [0.1, 0.15) is 43.9 Å². The summed E-state index contributed by atoms with van der Waals surface area (Å²) in [6.07, 6.45) is -4.11. The number of amides is 2. The van der Waals surface area contributed by atoms with Crippen LogP contribution in [0.25, 0.3) is 0 Å². The standard InChI is InChI=1S/C30H33ClF3N3O4S/c1-5-21(3)35-29(39)22(4)36(18-23-8-6-10-25(31)16-23)28(38)19-37(26-11-7-9-24(17-26)30(32,33)34)42(40,41)27-14-12-20(2)13-15-27/h6-17,21-22H,5,18-19H2,1-4H3,(H,35,39)/t21-,22-/m1/s1. The van der Waals surface area contributed by atoms with E-state index in [0.29, 0.717) is 27.4 Å². The zero-order chi connectivity index (χ0) is 31.2. The van der Waals surface area contributed by atoms with Gasteiger partial charge in [0.2, 0.25) is 11.8 Å². The van der Waals surface area contributed by atoms with Gasteiger partial charge in [-0.2, -0.15) is 13.2 Å². The summed E-state index contributed by atoms with van der Waals surface area (Å²) in [5, 5.41) is 3.21. The molecular formula is C30H33ClF3N3O4S. The van der Waals surface area contributed by atoms with Gasteiger partial charge in [-0.05, 0) is 75.2 Å². The van der Waals surface area contributed by atoms with Crippen LogP contribution in [-0.2, 0) is 32.3 Å². The van der Waals surface area contributed by atoms with E-state index in [-0.39, 0.29) is 23.2 Å². The third kappa shape index (κ3) is 8.25.